The van der Waals surface area contributed by atoms with Crippen molar-refractivity contribution in [2.24, 2.45) is 20.5 Å². The summed E-state index contributed by atoms with van der Waals surface area (Å²) < 4.78 is 65.2. The van der Waals surface area contributed by atoms with Crippen LogP contribution in [0.5, 0.6) is 5.75 Å². The lowest BCUT2D eigenvalue weighted by Crippen LogP contribution is -2.06. The minimum atomic E-state index is -4.59. The monoisotopic (exact) mass is 647 g/mol. The summed E-state index contributed by atoms with van der Waals surface area (Å²) in [5, 5.41) is 27.5. The molecule has 0 spiro atoms. The molecule has 0 bridgehead atoms. The lowest BCUT2D eigenvalue weighted by atomic mass is 10.1. The highest BCUT2D eigenvalue weighted by atomic mass is 32.2. The van der Waals surface area contributed by atoms with E-state index in [1.54, 1.807) is 55.5 Å². The average Bonchev–Trinajstić information content (AvgIpc) is 2.98. The Morgan fingerprint density at radius 1 is 0.622 bits per heavy atom. The Labute approximate surface area is 257 Å². The van der Waals surface area contributed by atoms with Crippen LogP contribution in [0.2, 0.25) is 0 Å². The first-order valence-corrected chi connectivity index (χ1v) is 15.7. The van der Waals surface area contributed by atoms with Gasteiger partial charge in [-0.25, -0.2) is 0 Å². The molecule has 0 unspecified atom stereocenters. The number of hydrogen-bond donors (Lipinski definition) is 6. The van der Waals surface area contributed by atoms with Gasteiger partial charge in [-0.3, -0.25) is 9.11 Å². The van der Waals surface area contributed by atoms with E-state index >= 15 is 0 Å². The molecule has 0 aliphatic rings. The first kappa shape index (κ1) is 31.0. The fourth-order valence-corrected chi connectivity index (χ4v) is 5.69. The molecular formula is C29H25N7O7S2. The van der Waals surface area contributed by atoms with E-state index in [4.69, 9.17) is 17.2 Å². The number of hydrogen-bond acceptors (Lipinski definition) is 12. The molecule has 5 aromatic rings. The van der Waals surface area contributed by atoms with Gasteiger partial charge in [-0.05, 0) is 71.5 Å². The van der Waals surface area contributed by atoms with Crippen LogP contribution in [-0.4, -0.2) is 31.0 Å². The van der Waals surface area contributed by atoms with E-state index in [0.717, 1.165) is 23.3 Å². The fraction of sp³-hybridized carbons (Fsp3) is 0.0345. The van der Waals surface area contributed by atoms with Crippen molar-refractivity contribution in [3.05, 3.63) is 84.4 Å². The summed E-state index contributed by atoms with van der Waals surface area (Å²) in [6, 6.07) is 20.2. The summed E-state index contributed by atoms with van der Waals surface area (Å²) in [6.07, 6.45) is 0. The number of benzene rings is 5. The molecule has 0 saturated heterocycles. The molecular weight excluding hydrogens is 622 g/mol. The van der Waals surface area contributed by atoms with Gasteiger partial charge in [0.25, 0.3) is 20.2 Å². The van der Waals surface area contributed by atoms with E-state index in [2.05, 4.69) is 20.5 Å². The first-order valence-electron chi connectivity index (χ1n) is 12.9. The summed E-state index contributed by atoms with van der Waals surface area (Å²) >= 11 is 0. The maximum Gasteiger partial charge on any atom is 0.296 e. The van der Waals surface area contributed by atoms with Crippen molar-refractivity contribution >= 4 is 70.8 Å². The van der Waals surface area contributed by atoms with Crippen LogP contribution in [0.4, 0.5) is 39.8 Å². The smallest absolute Gasteiger partial charge is 0.296 e. The second kappa shape index (κ2) is 11.6. The van der Waals surface area contributed by atoms with Crippen LogP contribution < -0.4 is 17.2 Å². The van der Waals surface area contributed by atoms with Crippen LogP contribution in [0.1, 0.15) is 5.56 Å². The van der Waals surface area contributed by atoms with Crippen LogP contribution in [0.3, 0.4) is 0 Å². The molecule has 0 saturated carbocycles. The van der Waals surface area contributed by atoms with Crippen molar-refractivity contribution in [1.29, 1.82) is 0 Å². The highest BCUT2D eigenvalue weighted by Crippen LogP contribution is 2.41. The molecule has 0 atom stereocenters. The molecule has 0 aromatic heterocycles. The van der Waals surface area contributed by atoms with Crippen LogP contribution in [-0.2, 0) is 20.2 Å². The molecule has 0 radical (unpaired) electrons. The number of nitrogen functional groups attached to an aromatic ring is 3. The Kier molecular flexibility index (Phi) is 7.99. The number of fused-ring (bicyclic) bond motifs is 1. The minimum Gasteiger partial charge on any atom is -0.507 e. The molecule has 0 fully saturated rings. The van der Waals surface area contributed by atoms with Crippen LogP contribution in [0.25, 0.3) is 21.9 Å². The van der Waals surface area contributed by atoms with Crippen molar-refractivity contribution in [3.8, 4) is 16.9 Å². The third-order valence-corrected chi connectivity index (χ3v) is 8.52. The Bertz CT molecular complexity index is 2250. The summed E-state index contributed by atoms with van der Waals surface area (Å²) in [5.41, 5.74) is 21.0. The number of rotatable bonds is 7. The Hall–Kier alpha value is -5.42. The Morgan fingerprint density at radius 2 is 1.16 bits per heavy atom. The van der Waals surface area contributed by atoms with E-state index in [0.29, 0.717) is 16.9 Å². The van der Waals surface area contributed by atoms with Gasteiger partial charge >= 0.3 is 0 Å². The molecule has 9 N–H and O–H groups in total. The van der Waals surface area contributed by atoms with E-state index in [9.17, 15) is 31.0 Å². The van der Waals surface area contributed by atoms with Gasteiger partial charge in [-0.1, -0.05) is 30.3 Å². The predicted molar refractivity (Wildman–Crippen MR) is 170 cm³/mol. The molecule has 0 heterocycles. The van der Waals surface area contributed by atoms with Gasteiger partial charge in [0.1, 0.15) is 22.0 Å². The van der Waals surface area contributed by atoms with Crippen molar-refractivity contribution < 1.29 is 31.0 Å². The van der Waals surface area contributed by atoms with E-state index < -0.39 is 35.8 Å². The van der Waals surface area contributed by atoms with E-state index in [1.165, 1.54) is 18.2 Å². The molecule has 230 valence electrons. The number of nitrogens with zero attached hydrogens (tertiary/aromatic N) is 4. The zero-order chi connectivity index (χ0) is 32.7. The number of phenolic OH excluding ortho intramolecular Hbond substituents is 1. The lowest BCUT2D eigenvalue weighted by molar-refractivity contribution is 0.471. The topological polar surface area (TPSA) is 256 Å². The SMILES string of the molecule is Cc1cc(S(=O)(=O)O)c(N)c(N=Nc2ccc(-c3ccc(N=Nc4c(N)ccc5cc(S(=O)(=O)O)cc(O)c45)cc3)cc2)c1N. The Balaban J connectivity index is 1.37. The number of anilines is 3. The van der Waals surface area contributed by atoms with Crippen LogP contribution in [0.15, 0.2) is 109 Å². The third-order valence-electron chi connectivity index (χ3n) is 6.80. The molecule has 0 aliphatic carbocycles. The number of phenols is 1. The summed E-state index contributed by atoms with van der Waals surface area (Å²) in [5.74, 6) is -0.437. The number of azo groups is 2. The Morgan fingerprint density at radius 3 is 1.67 bits per heavy atom. The summed E-state index contributed by atoms with van der Waals surface area (Å²) in [4.78, 5) is -0.976. The number of aromatic hydroxyl groups is 1. The van der Waals surface area contributed by atoms with Gasteiger partial charge in [0, 0.05) is 6.07 Å². The van der Waals surface area contributed by atoms with Gasteiger partial charge < -0.3 is 22.3 Å². The van der Waals surface area contributed by atoms with Crippen LogP contribution in [0, 0.1) is 6.92 Å². The van der Waals surface area contributed by atoms with Crippen molar-refractivity contribution in [2.75, 3.05) is 17.2 Å². The average molecular weight is 648 g/mol. The standard InChI is InChI=1S/C29H25N7O7S2/c1-15-12-24(45(41,42)43)27(32)29(26(15)31)36-34-20-9-4-17(5-10-20)16-2-7-19(8-3-16)33-35-28-22(30)11-6-18-13-21(44(38,39)40)14-23(37)25(18)28/h2-14,37H,30-32H2,1H3,(H,38,39,40)(H,41,42,43). The zero-order valence-electron chi connectivity index (χ0n) is 23.3. The van der Waals surface area contributed by atoms with Gasteiger partial charge in [-0.2, -0.15) is 27.1 Å². The van der Waals surface area contributed by atoms with Gasteiger partial charge in [0.05, 0.1) is 38.7 Å². The maximum absolute atomic E-state index is 11.7. The van der Waals surface area contributed by atoms with Gasteiger partial charge in [0.2, 0.25) is 0 Å². The second-order valence-corrected chi connectivity index (χ2v) is 12.7. The van der Waals surface area contributed by atoms with Crippen molar-refractivity contribution in [1.82, 2.24) is 0 Å². The molecule has 5 aromatic carbocycles. The number of aryl methyl sites for hydroxylation is 1. The fourth-order valence-electron chi connectivity index (χ4n) is 4.45. The van der Waals surface area contributed by atoms with Gasteiger partial charge in [-0.15, -0.1) is 10.2 Å². The molecule has 0 aliphatic heterocycles. The van der Waals surface area contributed by atoms with Crippen LogP contribution >= 0.6 is 0 Å². The third kappa shape index (κ3) is 6.43. The highest BCUT2D eigenvalue weighted by Gasteiger charge is 2.21. The van der Waals surface area contributed by atoms with Crippen molar-refractivity contribution in [2.45, 2.75) is 16.7 Å². The summed E-state index contributed by atoms with van der Waals surface area (Å²) in [6.45, 7) is 1.55. The maximum atomic E-state index is 11.7. The largest absolute Gasteiger partial charge is 0.507 e. The molecule has 45 heavy (non-hydrogen) atoms. The predicted octanol–water partition coefficient (Wildman–Crippen LogP) is 6.59. The van der Waals surface area contributed by atoms with Gasteiger partial charge in [0.15, 0.2) is 0 Å². The van der Waals surface area contributed by atoms with Crippen molar-refractivity contribution in [3.63, 3.8) is 0 Å². The second-order valence-electron chi connectivity index (χ2n) is 9.86. The molecule has 5 rings (SSSR count). The molecule has 0 amide bonds. The highest BCUT2D eigenvalue weighted by molar-refractivity contribution is 7.86. The molecule has 14 nitrogen and oxygen atoms in total. The first-order chi connectivity index (χ1) is 21.1. The lowest BCUT2D eigenvalue weighted by Gasteiger charge is -2.10. The number of nitrogens with two attached hydrogens (primary N) is 3. The normalized spacial score (nSPS) is 12.4. The summed E-state index contributed by atoms with van der Waals surface area (Å²) in [7, 11) is -9.13. The zero-order valence-corrected chi connectivity index (χ0v) is 25.0. The van der Waals surface area contributed by atoms with E-state index in [1.807, 2.05) is 0 Å². The molecule has 16 heteroatoms. The minimum absolute atomic E-state index is 0.0696. The quantitative estimate of drug-likeness (QED) is 0.0627. The van der Waals surface area contributed by atoms with E-state index in [-0.39, 0.29) is 39.2 Å².